The molecule has 2 aromatic carbocycles. The van der Waals surface area contributed by atoms with Gasteiger partial charge in [-0.1, -0.05) is 0 Å². The molecule has 33 heavy (non-hydrogen) atoms. The van der Waals surface area contributed by atoms with Gasteiger partial charge < -0.3 is 26.2 Å². The number of hydrogen-bond acceptors (Lipinski definition) is 9. The number of aliphatic hydroxyl groups is 2. The maximum atomic E-state index is 11.2. The van der Waals surface area contributed by atoms with Crippen molar-refractivity contribution in [1.29, 1.82) is 5.41 Å². The Bertz CT molecular complexity index is 1200. The molecule has 0 unspecified atom stereocenters. The summed E-state index contributed by atoms with van der Waals surface area (Å²) in [5.74, 6) is 0. The van der Waals surface area contributed by atoms with Crippen molar-refractivity contribution in [1.82, 2.24) is 0 Å². The van der Waals surface area contributed by atoms with E-state index in [9.17, 15) is 18.6 Å². The van der Waals surface area contributed by atoms with Crippen molar-refractivity contribution in [3.8, 4) is 0 Å². The highest BCUT2D eigenvalue weighted by molar-refractivity contribution is 7.85. The lowest BCUT2D eigenvalue weighted by atomic mass is 10.0. The molecule has 0 aliphatic heterocycles. The van der Waals surface area contributed by atoms with Gasteiger partial charge in [0.1, 0.15) is 0 Å². The largest absolute Gasteiger partial charge is 0.397 e. The van der Waals surface area contributed by atoms with Crippen LogP contribution in [-0.4, -0.2) is 60.9 Å². The van der Waals surface area contributed by atoms with Crippen LogP contribution < -0.4 is 16.0 Å². The Labute approximate surface area is 191 Å². The zero-order valence-corrected chi connectivity index (χ0v) is 18.5. The van der Waals surface area contributed by atoms with E-state index in [1.807, 2.05) is 29.2 Å². The zero-order valence-electron chi connectivity index (χ0n) is 17.6. The molecule has 0 heterocycles. The minimum absolute atomic E-state index is 0.0293. The predicted octanol–water partition coefficient (Wildman–Crippen LogP) is 1.67. The molecule has 0 amide bonds. The van der Waals surface area contributed by atoms with Gasteiger partial charge in [0.2, 0.25) is 0 Å². The molecular formula is C22H25N5O5S. The molecule has 0 saturated heterocycles. The molecule has 0 saturated carbocycles. The van der Waals surface area contributed by atoms with Crippen LogP contribution in [0.1, 0.15) is 0 Å². The summed E-state index contributed by atoms with van der Waals surface area (Å²) in [7, 11) is -4.29. The molecule has 0 spiro atoms. The van der Waals surface area contributed by atoms with E-state index >= 15 is 0 Å². The highest BCUT2D eigenvalue weighted by Gasteiger charge is 2.16. The smallest absolute Gasteiger partial charge is 0.294 e. The fourth-order valence-corrected chi connectivity index (χ4v) is 3.64. The van der Waals surface area contributed by atoms with Crippen molar-refractivity contribution < 1.29 is 23.2 Å². The molecule has 0 fully saturated rings. The Kier molecular flexibility index (Phi) is 7.61. The van der Waals surface area contributed by atoms with Gasteiger partial charge >= 0.3 is 0 Å². The summed E-state index contributed by atoms with van der Waals surface area (Å²) >= 11 is 0. The van der Waals surface area contributed by atoms with E-state index in [0.717, 1.165) is 5.69 Å². The van der Waals surface area contributed by atoms with Crippen LogP contribution in [0.25, 0.3) is 0 Å². The molecule has 1 aliphatic rings. The maximum absolute atomic E-state index is 11.2. The molecule has 0 radical (unpaired) electrons. The third-order valence-electron chi connectivity index (χ3n) is 4.80. The topological polar surface area (TPSA) is 172 Å². The number of hydrogen-bond donors (Lipinski definition) is 6. The molecule has 2 aromatic rings. The van der Waals surface area contributed by atoms with Gasteiger partial charge in [0.05, 0.1) is 46.6 Å². The van der Waals surface area contributed by atoms with Crippen molar-refractivity contribution in [3.05, 3.63) is 72.1 Å². The van der Waals surface area contributed by atoms with E-state index < -0.39 is 10.1 Å². The average molecular weight is 472 g/mol. The van der Waals surface area contributed by atoms with Gasteiger partial charge in [0.15, 0.2) is 0 Å². The molecule has 0 atom stereocenters. The first-order valence-corrected chi connectivity index (χ1v) is 11.4. The van der Waals surface area contributed by atoms with E-state index in [0.29, 0.717) is 35.9 Å². The third kappa shape index (κ3) is 6.26. The Morgan fingerprint density at radius 1 is 0.970 bits per heavy atom. The van der Waals surface area contributed by atoms with Crippen LogP contribution in [-0.2, 0) is 10.1 Å². The van der Waals surface area contributed by atoms with Gasteiger partial charge in [-0.3, -0.25) is 9.96 Å². The van der Waals surface area contributed by atoms with Crippen molar-refractivity contribution in [3.63, 3.8) is 0 Å². The lowest BCUT2D eigenvalue weighted by Gasteiger charge is -2.23. The van der Waals surface area contributed by atoms with E-state index in [1.165, 1.54) is 30.3 Å². The minimum Gasteiger partial charge on any atom is -0.397 e. The first-order valence-electron chi connectivity index (χ1n) is 9.99. The van der Waals surface area contributed by atoms with E-state index in [-0.39, 0.29) is 29.5 Å². The Balaban J connectivity index is 1.81. The summed E-state index contributed by atoms with van der Waals surface area (Å²) in [6, 6.07) is 12.7. The molecular weight excluding hydrogens is 446 g/mol. The number of nitrogens with one attached hydrogen (secondary N) is 2. The minimum atomic E-state index is -4.29. The van der Waals surface area contributed by atoms with E-state index in [2.05, 4.69) is 10.3 Å². The van der Waals surface area contributed by atoms with Crippen LogP contribution in [0.15, 0.2) is 82.0 Å². The van der Waals surface area contributed by atoms with Gasteiger partial charge in [-0.05, 0) is 60.7 Å². The summed E-state index contributed by atoms with van der Waals surface area (Å²) in [5.41, 5.74) is 9.31. The molecule has 0 aromatic heterocycles. The van der Waals surface area contributed by atoms with Gasteiger partial charge in [-0.2, -0.15) is 8.42 Å². The number of anilines is 2. The first-order chi connectivity index (χ1) is 15.7. The Morgan fingerprint density at radius 3 is 2.12 bits per heavy atom. The highest BCUT2D eigenvalue weighted by Crippen LogP contribution is 2.22. The molecule has 7 N–H and O–H groups in total. The number of benzene rings is 2. The van der Waals surface area contributed by atoms with Crippen molar-refractivity contribution in [2.45, 2.75) is 4.90 Å². The first kappa shape index (κ1) is 24.1. The quantitative estimate of drug-likeness (QED) is 0.237. The number of rotatable bonds is 9. The number of nitrogens with two attached hydrogens (primary N) is 1. The normalized spacial score (nSPS) is 15.2. The molecule has 174 valence electrons. The van der Waals surface area contributed by atoms with Gasteiger partial charge in [0, 0.05) is 24.5 Å². The number of nitrogens with zero attached hydrogens (tertiary/aromatic N) is 2. The predicted molar refractivity (Wildman–Crippen MR) is 128 cm³/mol. The van der Waals surface area contributed by atoms with Crippen LogP contribution in [0.5, 0.6) is 0 Å². The van der Waals surface area contributed by atoms with Crippen molar-refractivity contribution >= 4 is 38.6 Å². The van der Waals surface area contributed by atoms with Crippen LogP contribution >= 0.6 is 0 Å². The van der Waals surface area contributed by atoms with Crippen LogP contribution in [0.4, 0.5) is 17.1 Å². The summed E-state index contributed by atoms with van der Waals surface area (Å²) in [6.45, 7) is 0.743. The van der Waals surface area contributed by atoms with Crippen LogP contribution in [0.3, 0.4) is 0 Å². The van der Waals surface area contributed by atoms with E-state index in [1.54, 1.807) is 6.08 Å². The monoisotopic (exact) mass is 471 g/mol. The summed E-state index contributed by atoms with van der Waals surface area (Å²) in [6.07, 6.45) is 3.08. The van der Waals surface area contributed by atoms with Crippen molar-refractivity contribution in [2.24, 2.45) is 10.7 Å². The molecule has 0 bridgehead atoms. The van der Waals surface area contributed by atoms with Gasteiger partial charge in [-0.15, -0.1) is 0 Å². The second-order valence-electron chi connectivity index (χ2n) is 7.14. The maximum Gasteiger partial charge on any atom is 0.294 e. The molecule has 1 aliphatic carbocycles. The second kappa shape index (κ2) is 10.4. The standard InChI is InChI=1S/C22H25N5O5S/c23-19-13-20(24)22(26-16-3-7-18(8-4-16)33(30,31)32)14-21(19)25-15-1-5-17(6-2-15)27(9-11-28)10-12-29/h1-8,13-14,23,25,28-29H,9-12,24H2,(H,30,31,32). The second-order valence-corrected chi connectivity index (χ2v) is 8.57. The highest BCUT2D eigenvalue weighted by atomic mass is 32.2. The lowest BCUT2D eigenvalue weighted by Crippen LogP contribution is -2.29. The van der Waals surface area contributed by atoms with Crippen LogP contribution in [0, 0.1) is 5.41 Å². The fourth-order valence-electron chi connectivity index (χ4n) is 3.16. The van der Waals surface area contributed by atoms with Gasteiger partial charge in [-0.25, -0.2) is 4.99 Å². The van der Waals surface area contributed by atoms with Gasteiger partial charge in [0.25, 0.3) is 10.1 Å². The Morgan fingerprint density at radius 2 is 1.58 bits per heavy atom. The van der Waals surface area contributed by atoms with Crippen molar-refractivity contribution in [2.75, 3.05) is 36.5 Å². The Hall–Kier alpha value is -3.51. The third-order valence-corrected chi connectivity index (χ3v) is 5.67. The number of aliphatic hydroxyl groups excluding tert-OH is 2. The lowest BCUT2D eigenvalue weighted by molar-refractivity contribution is 0.281. The van der Waals surface area contributed by atoms with E-state index in [4.69, 9.17) is 15.7 Å². The molecule has 3 rings (SSSR count). The van der Waals surface area contributed by atoms with Crippen LogP contribution in [0.2, 0.25) is 0 Å². The zero-order chi connectivity index (χ0) is 24.0. The fraction of sp³-hybridized carbons (Fsp3) is 0.182. The average Bonchev–Trinajstić information content (AvgIpc) is 2.77. The summed E-state index contributed by atoms with van der Waals surface area (Å²) in [4.78, 5) is 6.02. The molecule has 10 nitrogen and oxygen atoms in total. The molecule has 11 heteroatoms. The SMILES string of the molecule is N=C1C=C(N)C(=Nc2ccc(S(=O)(=O)O)cc2)C=C1Nc1ccc(N(CCO)CCO)cc1. The summed E-state index contributed by atoms with van der Waals surface area (Å²) in [5, 5.41) is 29.8. The summed E-state index contributed by atoms with van der Waals surface area (Å²) < 4.78 is 31.5. The number of allylic oxidation sites excluding steroid dienone is 2. The number of aliphatic imine (C=N–C) groups is 1.